The van der Waals surface area contributed by atoms with E-state index in [1.807, 2.05) is 12.1 Å². The SMILES string of the molecule is COc1ccc(CCCNC2CC(=O)N(C(Cc3ccccc3)C(=O)O)C2=O)cc1O. The number of carboxylic acids is 1. The van der Waals surface area contributed by atoms with Crippen LogP contribution >= 0.6 is 0 Å². The number of rotatable bonds is 10. The molecule has 2 aromatic rings. The summed E-state index contributed by atoms with van der Waals surface area (Å²) < 4.78 is 5.02. The molecule has 31 heavy (non-hydrogen) atoms. The van der Waals surface area contributed by atoms with E-state index < -0.39 is 29.9 Å². The van der Waals surface area contributed by atoms with Crippen molar-refractivity contribution in [1.82, 2.24) is 10.2 Å². The predicted octanol–water partition coefficient (Wildman–Crippen LogP) is 1.75. The molecule has 1 fully saturated rings. The molecule has 3 N–H and O–H groups in total. The van der Waals surface area contributed by atoms with Crippen molar-refractivity contribution in [2.45, 2.75) is 37.8 Å². The highest BCUT2D eigenvalue weighted by Gasteiger charge is 2.44. The van der Waals surface area contributed by atoms with Crippen LogP contribution in [-0.4, -0.2) is 58.6 Å². The zero-order valence-electron chi connectivity index (χ0n) is 17.3. The number of carboxylic acid groups (broad SMARTS) is 1. The zero-order chi connectivity index (χ0) is 22.4. The first-order valence-corrected chi connectivity index (χ1v) is 10.1. The molecule has 0 radical (unpaired) electrons. The van der Waals surface area contributed by atoms with Gasteiger partial charge >= 0.3 is 5.97 Å². The summed E-state index contributed by atoms with van der Waals surface area (Å²) in [5, 5.41) is 22.5. The highest BCUT2D eigenvalue weighted by molar-refractivity contribution is 6.08. The molecule has 0 spiro atoms. The van der Waals surface area contributed by atoms with Crippen LogP contribution in [0.15, 0.2) is 48.5 Å². The van der Waals surface area contributed by atoms with Crippen molar-refractivity contribution in [1.29, 1.82) is 0 Å². The minimum absolute atomic E-state index is 0.0548. The smallest absolute Gasteiger partial charge is 0.327 e. The van der Waals surface area contributed by atoms with E-state index in [0.717, 1.165) is 16.0 Å². The number of aromatic hydroxyl groups is 1. The van der Waals surface area contributed by atoms with Gasteiger partial charge in [0.2, 0.25) is 11.8 Å². The third-order valence-electron chi connectivity index (χ3n) is 5.33. The van der Waals surface area contributed by atoms with E-state index in [1.54, 1.807) is 36.4 Å². The molecule has 1 saturated heterocycles. The van der Waals surface area contributed by atoms with Crippen LogP contribution in [0.4, 0.5) is 0 Å². The van der Waals surface area contributed by atoms with Crippen molar-refractivity contribution in [3.63, 3.8) is 0 Å². The third-order valence-corrected chi connectivity index (χ3v) is 5.33. The van der Waals surface area contributed by atoms with Gasteiger partial charge in [-0.25, -0.2) is 4.79 Å². The highest BCUT2D eigenvalue weighted by atomic mass is 16.5. The van der Waals surface area contributed by atoms with Crippen LogP contribution in [0.3, 0.4) is 0 Å². The number of phenolic OH excluding ortho intramolecular Hbond substituents is 1. The summed E-state index contributed by atoms with van der Waals surface area (Å²) in [5.74, 6) is -1.72. The lowest BCUT2D eigenvalue weighted by Crippen LogP contribution is -2.48. The summed E-state index contributed by atoms with van der Waals surface area (Å²) in [7, 11) is 1.48. The lowest BCUT2D eigenvalue weighted by Gasteiger charge is -2.23. The van der Waals surface area contributed by atoms with Gasteiger partial charge in [0.15, 0.2) is 11.5 Å². The number of amides is 2. The van der Waals surface area contributed by atoms with Gasteiger partial charge in [-0.15, -0.1) is 0 Å². The quantitative estimate of drug-likeness (QED) is 0.391. The van der Waals surface area contributed by atoms with Crippen molar-refractivity contribution in [3.05, 3.63) is 59.7 Å². The number of carbonyl (C=O) groups excluding carboxylic acids is 2. The standard InChI is InChI=1S/C23H26N2O6/c1-31-20-10-9-16(13-19(20)26)8-5-11-24-17-14-21(27)25(22(17)28)18(23(29)30)12-15-6-3-2-4-7-15/h2-4,6-7,9-10,13,17-18,24,26H,5,8,11-12,14H2,1H3,(H,29,30). The Hall–Kier alpha value is -3.39. The number of carbonyl (C=O) groups is 3. The summed E-state index contributed by atoms with van der Waals surface area (Å²) >= 11 is 0. The molecule has 2 atom stereocenters. The normalized spacial score (nSPS) is 17.1. The number of phenols is 1. The van der Waals surface area contributed by atoms with Crippen molar-refractivity contribution in [3.8, 4) is 11.5 Å². The average molecular weight is 426 g/mol. The largest absolute Gasteiger partial charge is 0.504 e. The Bertz CT molecular complexity index is 946. The van der Waals surface area contributed by atoms with Crippen LogP contribution in [-0.2, 0) is 27.2 Å². The summed E-state index contributed by atoms with van der Waals surface area (Å²) in [4.78, 5) is 37.9. The zero-order valence-corrected chi connectivity index (χ0v) is 17.3. The number of likely N-dealkylation sites (tertiary alicyclic amines) is 1. The van der Waals surface area contributed by atoms with Gasteiger partial charge in [0.25, 0.3) is 0 Å². The molecule has 8 heteroatoms. The Balaban J connectivity index is 1.55. The molecular formula is C23H26N2O6. The van der Waals surface area contributed by atoms with Gasteiger partial charge in [-0.05, 0) is 42.6 Å². The van der Waals surface area contributed by atoms with Crippen LogP contribution in [0.1, 0.15) is 24.0 Å². The fourth-order valence-electron chi connectivity index (χ4n) is 3.72. The van der Waals surface area contributed by atoms with Crippen LogP contribution < -0.4 is 10.1 Å². The number of aryl methyl sites for hydroxylation is 1. The predicted molar refractivity (Wildman–Crippen MR) is 113 cm³/mol. The van der Waals surface area contributed by atoms with E-state index in [2.05, 4.69) is 5.32 Å². The number of hydrogen-bond donors (Lipinski definition) is 3. The number of imide groups is 1. The number of ether oxygens (including phenoxy) is 1. The average Bonchev–Trinajstić information content (AvgIpc) is 3.03. The second-order valence-electron chi connectivity index (χ2n) is 7.47. The van der Waals surface area contributed by atoms with Gasteiger partial charge in [0.1, 0.15) is 6.04 Å². The molecule has 1 aliphatic heterocycles. The summed E-state index contributed by atoms with van der Waals surface area (Å²) in [6, 6.07) is 12.2. The maximum Gasteiger partial charge on any atom is 0.327 e. The number of nitrogens with one attached hydrogen (secondary N) is 1. The third kappa shape index (κ3) is 5.40. The summed E-state index contributed by atoms with van der Waals surface area (Å²) in [6.07, 6.45) is 1.35. The summed E-state index contributed by atoms with van der Waals surface area (Å²) in [5.41, 5.74) is 1.67. The van der Waals surface area contributed by atoms with E-state index in [1.165, 1.54) is 7.11 Å². The first kappa shape index (κ1) is 22.3. The van der Waals surface area contributed by atoms with E-state index >= 15 is 0 Å². The fourth-order valence-corrected chi connectivity index (χ4v) is 3.72. The lowest BCUT2D eigenvalue weighted by atomic mass is 10.0. The molecule has 2 amide bonds. The molecule has 0 aliphatic carbocycles. The molecule has 2 aromatic carbocycles. The number of methoxy groups -OCH3 is 1. The van der Waals surface area contributed by atoms with E-state index in [4.69, 9.17) is 4.74 Å². The molecule has 8 nitrogen and oxygen atoms in total. The lowest BCUT2D eigenvalue weighted by molar-refractivity contribution is -0.154. The van der Waals surface area contributed by atoms with Crippen molar-refractivity contribution in [2.24, 2.45) is 0 Å². The van der Waals surface area contributed by atoms with Crippen molar-refractivity contribution >= 4 is 17.8 Å². The fraction of sp³-hybridized carbons (Fsp3) is 0.348. The number of benzene rings is 2. The molecule has 164 valence electrons. The molecule has 0 saturated carbocycles. The number of aliphatic carboxylic acids is 1. The maximum absolute atomic E-state index is 12.8. The minimum Gasteiger partial charge on any atom is -0.504 e. The van der Waals surface area contributed by atoms with E-state index in [-0.39, 0.29) is 18.6 Å². The van der Waals surface area contributed by atoms with E-state index in [9.17, 15) is 24.6 Å². The second kappa shape index (κ2) is 10.1. The van der Waals surface area contributed by atoms with E-state index in [0.29, 0.717) is 25.1 Å². The first-order chi connectivity index (χ1) is 14.9. The Labute approximate surface area is 180 Å². The summed E-state index contributed by atoms with van der Waals surface area (Å²) in [6.45, 7) is 0.473. The molecular weight excluding hydrogens is 400 g/mol. The van der Waals surface area contributed by atoms with Gasteiger partial charge in [0, 0.05) is 6.42 Å². The maximum atomic E-state index is 12.8. The second-order valence-corrected chi connectivity index (χ2v) is 7.47. The van der Waals surface area contributed by atoms with Gasteiger partial charge in [-0.3, -0.25) is 14.5 Å². The topological polar surface area (TPSA) is 116 Å². The van der Waals surface area contributed by atoms with Gasteiger partial charge < -0.3 is 20.3 Å². The van der Waals surface area contributed by atoms with Gasteiger partial charge in [0.05, 0.1) is 19.6 Å². The Morgan fingerprint density at radius 3 is 2.58 bits per heavy atom. The molecule has 0 aromatic heterocycles. The van der Waals surface area contributed by atoms with Crippen LogP contribution in [0.25, 0.3) is 0 Å². The Morgan fingerprint density at radius 1 is 1.19 bits per heavy atom. The molecule has 1 heterocycles. The minimum atomic E-state index is -1.23. The molecule has 0 bridgehead atoms. The highest BCUT2D eigenvalue weighted by Crippen LogP contribution is 2.26. The molecule has 3 rings (SSSR count). The first-order valence-electron chi connectivity index (χ1n) is 10.1. The van der Waals surface area contributed by atoms with Crippen molar-refractivity contribution in [2.75, 3.05) is 13.7 Å². The monoisotopic (exact) mass is 426 g/mol. The molecule has 1 aliphatic rings. The van der Waals surface area contributed by atoms with Gasteiger partial charge in [-0.2, -0.15) is 0 Å². The Kier molecular flexibility index (Phi) is 7.25. The van der Waals surface area contributed by atoms with Gasteiger partial charge in [-0.1, -0.05) is 36.4 Å². The van der Waals surface area contributed by atoms with Crippen LogP contribution in [0, 0.1) is 0 Å². The van der Waals surface area contributed by atoms with Crippen LogP contribution in [0.2, 0.25) is 0 Å². The number of hydrogen-bond acceptors (Lipinski definition) is 6. The van der Waals surface area contributed by atoms with Crippen LogP contribution in [0.5, 0.6) is 11.5 Å². The molecule has 2 unspecified atom stereocenters. The number of nitrogens with zero attached hydrogens (tertiary/aromatic N) is 1. The van der Waals surface area contributed by atoms with Crippen molar-refractivity contribution < 1.29 is 29.3 Å². The Morgan fingerprint density at radius 2 is 1.94 bits per heavy atom.